The van der Waals surface area contributed by atoms with Gasteiger partial charge in [-0.3, -0.25) is 18.4 Å². The summed E-state index contributed by atoms with van der Waals surface area (Å²) in [4.78, 5) is 10.8. The summed E-state index contributed by atoms with van der Waals surface area (Å²) in [6.07, 6.45) is -10.8. The summed E-state index contributed by atoms with van der Waals surface area (Å²) in [6, 6.07) is 0. The smallest absolute Gasteiger partial charge is 0.412 e. The fraction of sp³-hybridized carbons (Fsp3) is 0.889. The van der Waals surface area contributed by atoms with Gasteiger partial charge in [-0.2, -0.15) is 26.3 Å². The van der Waals surface area contributed by atoms with Gasteiger partial charge >= 0.3 is 25.9 Å². The summed E-state index contributed by atoms with van der Waals surface area (Å²) in [6.45, 7) is -3.34. The van der Waals surface area contributed by atoms with Crippen molar-refractivity contribution >= 4 is 13.6 Å². The minimum absolute atomic E-state index is 0.0584. The predicted octanol–water partition coefficient (Wildman–Crippen LogP) is 3.29. The molecule has 126 valence electrons. The van der Waals surface area contributed by atoms with Gasteiger partial charge in [-0.1, -0.05) is 6.92 Å². The van der Waals surface area contributed by atoms with Crippen molar-refractivity contribution in [3.8, 4) is 0 Å². The third kappa shape index (κ3) is 11.5. The lowest BCUT2D eigenvalue weighted by atomic mass is 10.5. The summed E-state index contributed by atoms with van der Waals surface area (Å²) >= 11 is 0. The van der Waals surface area contributed by atoms with Crippen LogP contribution in [0.4, 0.5) is 26.3 Å². The monoisotopic (exact) mass is 346 g/mol. The zero-order valence-electron chi connectivity index (χ0n) is 10.8. The molecule has 0 unspecified atom stereocenters. The molecule has 12 heteroatoms. The van der Waals surface area contributed by atoms with Crippen LogP contribution >= 0.6 is 7.60 Å². The Morgan fingerprint density at radius 2 is 1.43 bits per heavy atom. The molecule has 0 radical (unpaired) electrons. The largest absolute Gasteiger partial charge is 0.465 e. The second-order valence-electron chi connectivity index (χ2n) is 3.69. The van der Waals surface area contributed by atoms with E-state index in [1.54, 1.807) is 0 Å². The maximum absolute atomic E-state index is 12.0. The summed E-state index contributed by atoms with van der Waals surface area (Å²) in [5, 5.41) is 0. The van der Waals surface area contributed by atoms with E-state index in [1.165, 1.54) is 6.92 Å². The van der Waals surface area contributed by atoms with Gasteiger partial charge in [0.2, 0.25) is 0 Å². The van der Waals surface area contributed by atoms with E-state index in [0.717, 1.165) is 0 Å². The Morgan fingerprint density at radius 1 is 1.00 bits per heavy atom. The molecule has 0 heterocycles. The van der Waals surface area contributed by atoms with E-state index in [1.807, 2.05) is 0 Å². The molecule has 0 rings (SSSR count). The maximum Gasteiger partial charge on any atom is 0.412 e. The lowest BCUT2D eigenvalue weighted by molar-refractivity contribution is -0.165. The number of ether oxygens (including phenoxy) is 1. The van der Waals surface area contributed by atoms with Gasteiger partial charge in [0, 0.05) is 6.42 Å². The highest BCUT2D eigenvalue weighted by atomic mass is 31.2. The number of halogens is 6. The molecule has 0 amide bonds. The molecule has 0 aromatic carbocycles. The molecule has 0 saturated heterocycles. The van der Waals surface area contributed by atoms with Crippen LogP contribution in [0.3, 0.4) is 0 Å². The van der Waals surface area contributed by atoms with Crippen molar-refractivity contribution in [3.63, 3.8) is 0 Å². The number of carbonyl (C=O) groups excluding carboxylic acids is 1. The predicted molar refractivity (Wildman–Crippen MR) is 57.7 cm³/mol. The molecule has 0 fully saturated rings. The summed E-state index contributed by atoms with van der Waals surface area (Å²) in [5.41, 5.74) is 0. The molecule has 0 atom stereocenters. The van der Waals surface area contributed by atoms with Crippen LogP contribution in [0.5, 0.6) is 0 Å². The first-order chi connectivity index (χ1) is 9.37. The van der Waals surface area contributed by atoms with Crippen molar-refractivity contribution in [3.05, 3.63) is 0 Å². The highest BCUT2D eigenvalue weighted by Gasteiger charge is 2.38. The van der Waals surface area contributed by atoms with Gasteiger partial charge in [0.05, 0.1) is 6.16 Å². The van der Waals surface area contributed by atoms with E-state index < -0.39 is 51.9 Å². The van der Waals surface area contributed by atoms with Crippen LogP contribution in [0, 0.1) is 0 Å². The molecule has 5 nitrogen and oxygen atoms in total. The van der Waals surface area contributed by atoms with E-state index in [0.29, 0.717) is 0 Å². The van der Waals surface area contributed by atoms with Gasteiger partial charge < -0.3 is 4.74 Å². The zero-order chi connectivity index (χ0) is 16.7. The number of carbonyl (C=O) groups is 1. The van der Waals surface area contributed by atoms with E-state index in [4.69, 9.17) is 0 Å². The van der Waals surface area contributed by atoms with Gasteiger partial charge in [-0.25, -0.2) is 0 Å². The normalized spacial score (nSPS) is 13.3. The molecule has 0 N–H and O–H groups in total. The van der Waals surface area contributed by atoms with Crippen LogP contribution in [0.25, 0.3) is 0 Å². The second kappa shape index (κ2) is 8.00. The molecule has 0 aliphatic carbocycles. The highest BCUT2D eigenvalue weighted by Crippen LogP contribution is 2.49. The van der Waals surface area contributed by atoms with Crippen LogP contribution in [-0.4, -0.2) is 44.3 Å². The Labute approximate surface area is 116 Å². The van der Waals surface area contributed by atoms with Gasteiger partial charge in [0.15, 0.2) is 13.2 Å². The van der Waals surface area contributed by atoms with Gasteiger partial charge in [-0.05, 0) is 0 Å². The van der Waals surface area contributed by atoms with E-state index >= 15 is 0 Å². The molecule has 0 bridgehead atoms. The lowest BCUT2D eigenvalue weighted by Gasteiger charge is -2.20. The lowest BCUT2D eigenvalue weighted by Crippen LogP contribution is -2.21. The fourth-order valence-electron chi connectivity index (χ4n) is 0.883. The van der Waals surface area contributed by atoms with E-state index in [-0.39, 0.29) is 6.42 Å². The topological polar surface area (TPSA) is 61.8 Å². The van der Waals surface area contributed by atoms with E-state index in [2.05, 4.69) is 13.8 Å². The highest BCUT2D eigenvalue weighted by molar-refractivity contribution is 7.53. The Morgan fingerprint density at radius 3 is 1.76 bits per heavy atom. The van der Waals surface area contributed by atoms with Gasteiger partial charge in [0.25, 0.3) is 0 Å². The van der Waals surface area contributed by atoms with E-state index in [9.17, 15) is 35.7 Å². The summed E-state index contributed by atoms with van der Waals surface area (Å²) in [7, 11) is -4.70. The molecule has 0 saturated carbocycles. The minimum Gasteiger partial charge on any atom is -0.465 e. The molecule has 0 aliphatic rings. The molecular weight excluding hydrogens is 333 g/mol. The molecule has 21 heavy (non-hydrogen) atoms. The van der Waals surface area contributed by atoms with Gasteiger partial charge in [-0.15, -0.1) is 0 Å². The molecule has 0 spiro atoms. The van der Waals surface area contributed by atoms with Crippen molar-refractivity contribution in [1.82, 2.24) is 0 Å². The van der Waals surface area contributed by atoms with Crippen LogP contribution in [-0.2, 0) is 23.1 Å². The molecule has 0 aromatic heterocycles. The van der Waals surface area contributed by atoms with Crippen molar-refractivity contribution < 1.29 is 49.5 Å². The van der Waals surface area contributed by atoms with Crippen molar-refractivity contribution in [2.45, 2.75) is 25.7 Å². The Hall–Kier alpha value is -0.800. The van der Waals surface area contributed by atoms with Crippen LogP contribution in [0.1, 0.15) is 13.3 Å². The van der Waals surface area contributed by atoms with Gasteiger partial charge in [0.1, 0.15) is 6.61 Å². The van der Waals surface area contributed by atoms with Crippen molar-refractivity contribution in [1.29, 1.82) is 0 Å². The molecule has 0 aromatic rings. The molecular formula is C9H13F6O5P. The summed E-state index contributed by atoms with van der Waals surface area (Å²) < 4.78 is 95.7. The quantitative estimate of drug-likeness (QED) is 0.383. The maximum atomic E-state index is 12.0. The Kier molecular flexibility index (Phi) is 7.69. The number of esters is 1. The third-order valence-electron chi connectivity index (χ3n) is 1.77. The third-order valence-corrected chi connectivity index (χ3v) is 3.54. The Bertz CT molecular complexity index is 358. The van der Waals surface area contributed by atoms with Crippen molar-refractivity contribution in [2.75, 3.05) is 26.0 Å². The van der Waals surface area contributed by atoms with Crippen LogP contribution in [0.2, 0.25) is 0 Å². The fourth-order valence-corrected chi connectivity index (χ4v) is 2.22. The first kappa shape index (κ1) is 20.2. The first-order valence-electron chi connectivity index (χ1n) is 5.54. The Balaban J connectivity index is 4.59. The number of alkyl halides is 6. The average Bonchev–Trinajstić information content (AvgIpc) is 2.32. The number of rotatable bonds is 8. The van der Waals surface area contributed by atoms with Crippen LogP contribution < -0.4 is 0 Å². The molecule has 0 aliphatic heterocycles. The first-order valence-corrected chi connectivity index (χ1v) is 7.27. The second-order valence-corrected chi connectivity index (χ2v) is 5.87. The SMILES string of the molecule is CCC(=O)OCCP(=O)(OCC(F)(F)F)OCC(F)(F)F. The van der Waals surface area contributed by atoms with Crippen molar-refractivity contribution in [2.24, 2.45) is 0 Å². The zero-order valence-corrected chi connectivity index (χ0v) is 11.7. The van der Waals surface area contributed by atoms with Crippen LogP contribution in [0.15, 0.2) is 0 Å². The number of hydrogen-bond donors (Lipinski definition) is 0. The summed E-state index contributed by atoms with van der Waals surface area (Å²) in [5.74, 6) is -0.756. The average molecular weight is 346 g/mol. The number of hydrogen-bond acceptors (Lipinski definition) is 5. The minimum atomic E-state index is -4.89. The standard InChI is InChI=1S/C9H13F6O5P/c1-2-7(16)18-3-4-21(17,19-5-8(10,11)12)20-6-9(13,14)15/h2-6H2,1H3.